The van der Waals surface area contributed by atoms with Gasteiger partial charge in [0.05, 0.1) is 0 Å². The molecule has 0 unspecified atom stereocenters. The lowest BCUT2D eigenvalue weighted by molar-refractivity contribution is 0.0285. The Labute approximate surface area is 144 Å². The van der Waals surface area contributed by atoms with E-state index >= 15 is 0 Å². The average molecular weight is 336 g/mol. The normalized spacial score (nSPS) is 11.7. The second-order valence-electron chi connectivity index (χ2n) is 5.40. The van der Waals surface area contributed by atoms with Gasteiger partial charge in [-0.1, -0.05) is 66.2 Å². The van der Waals surface area contributed by atoms with Gasteiger partial charge in [0.15, 0.2) is 6.10 Å². The zero-order valence-electron chi connectivity index (χ0n) is 13.1. The largest absolute Gasteiger partial charge is 0.445 e. The van der Waals surface area contributed by atoms with Crippen molar-refractivity contribution in [1.82, 2.24) is 0 Å². The van der Waals surface area contributed by atoms with E-state index in [2.05, 4.69) is 0 Å². The van der Waals surface area contributed by atoms with Gasteiger partial charge in [0.25, 0.3) is 0 Å². The van der Waals surface area contributed by atoms with Crippen molar-refractivity contribution in [3.63, 3.8) is 0 Å². The van der Waals surface area contributed by atoms with E-state index in [9.17, 15) is 9.59 Å². The number of Topliss-reactive ketones (excluding diaryl/α,β-unsaturated/α-hetero) is 1. The van der Waals surface area contributed by atoms with Crippen LogP contribution in [0.2, 0.25) is 0 Å². The number of ether oxygens (including phenoxy) is 1. The number of carbonyl (C=O) groups is 2. The van der Waals surface area contributed by atoms with Crippen molar-refractivity contribution in [2.24, 2.45) is 0 Å². The number of benzene rings is 2. The van der Waals surface area contributed by atoms with Gasteiger partial charge in [-0.2, -0.15) is 0 Å². The highest BCUT2D eigenvalue weighted by molar-refractivity contribution is 7.11. The maximum atomic E-state index is 12.9. The lowest BCUT2D eigenvalue weighted by atomic mass is 9.99. The molecule has 4 heteroatoms. The van der Waals surface area contributed by atoms with Gasteiger partial charge in [0.1, 0.15) is 4.88 Å². The Morgan fingerprint density at radius 3 is 2.25 bits per heavy atom. The van der Waals surface area contributed by atoms with Crippen LogP contribution in [0.1, 0.15) is 37.3 Å². The number of carbonyl (C=O) groups excluding carboxylic acids is 2. The summed E-state index contributed by atoms with van der Waals surface area (Å²) < 4.78 is 5.55. The monoisotopic (exact) mass is 336 g/mol. The van der Waals surface area contributed by atoms with Gasteiger partial charge in [-0.15, -0.1) is 11.3 Å². The molecule has 1 aromatic heterocycles. The first-order valence-electron chi connectivity index (χ1n) is 7.55. The van der Waals surface area contributed by atoms with E-state index in [-0.39, 0.29) is 5.78 Å². The van der Waals surface area contributed by atoms with Gasteiger partial charge >= 0.3 is 5.97 Å². The number of esters is 1. The molecule has 24 heavy (non-hydrogen) atoms. The lowest BCUT2D eigenvalue weighted by Crippen LogP contribution is -2.20. The molecule has 0 bridgehead atoms. The summed E-state index contributed by atoms with van der Waals surface area (Å²) in [7, 11) is 0. The molecule has 0 N–H and O–H groups in total. The molecule has 3 aromatic rings. The summed E-state index contributed by atoms with van der Waals surface area (Å²) in [6.07, 6.45) is -0.955. The van der Waals surface area contributed by atoms with Crippen LogP contribution in [-0.2, 0) is 4.74 Å². The van der Waals surface area contributed by atoms with Crippen molar-refractivity contribution in [2.75, 3.05) is 0 Å². The van der Waals surface area contributed by atoms with Crippen LogP contribution >= 0.6 is 11.3 Å². The van der Waals surface area contributed by atoms with Crippen LogP contribution in [-0.4, -0.2) is 11.8 Å². The van der Waals surface area contributed by atoms with Crippen molar-refractivity contribution >= 4 is 23.1 Å². The average Bonchev–Trinajstić information content (AvgIpc) is 3.15. The SMILES string of the molecule is Cc1ccc(C(=O)[C@@H](OC(=O)c2cccs2)c2ccccc2)cc1. The second kappa shape index (κ2) is 7.23. The standard InChI is InChI=1S/C20H16O3S/c1-14-9-11-15(12-10-14)18(21)19(16-6-3-2-4-7-16)23-20(22)17-8-5-13-24-17/h2-13,19H,1H3/t19-/m0/s1. The highest BCUT2D eigenvalue weighted by atomic mass is 32.1. The molecule has 0 spiro atoms. The Bertz CT molecular complexity index is 821. The van der Waals surface area contributed by atoms with Gasteiger partial charge in [-0.3, -0.25) is 4.79 Å². The van der Waals surface area contributed by atoms with E-state index < -0.39 is 12.1 Å². The number of ketones is 1. The summed E-state index contributed by atoms with van der Waals surface area (Å²) in [6.45, 7) is 1.96. The van der Waals surface area contributed by atoms with Gasteiger partial charge in [-0.25, -0.2) is 4.79 Å². The Kier molecular flexibility index (Phi) is 4.87. The summed E-state index contributed by atoms with van der Waals surface area (Å²) in [6, 6.07) is 19.8. The van der Waals surface area contributed by atoms with Crippen LogP contribution in [0.15, 0.2) is 72.1 Å². The molecule has 0 saturated heterocycles. The Morgan fingerprint density at radius 1 is 0.917 bits per heavy atom. The van der Waals surface area contributed by atoms with E-state index in [0.29, 0.717) is 16.0 Å². The van der Waals surface area contributed by atoms with Gasteiger partial charge < -0.3 is 4.74 Å². The molecule has 0 aliphatic heterocycles. The topological polar surface area (TPSA) is 43.4 Å². The Morgan fingerprint density at radius 2 is 1.62 bits per heavy atom. The van der Waals surface area contributed by atoms with Crippen molar-refractivity contribution in [3.8, 4) is 0 Å². The van der Waals surface area contributed by atoms with Crippen molar-refractivity contribution < 1.29 is 14.3 Å². The third-order valence-electron chi connectivity index (χ3n) is 3.62. The molecule has 1 heterocycles. The fourth-order valence-electron chi connectivity index (χ4n) is 2.33. The quantitative estimate of drug-likeness (QED) is 0.495. The molecule has 2 aromatic carbocycles. The number of aryl methyl sites for hydroxylation is 1. The fourth-order valence-corrected chi connectivity index (χ4v) is 2.94. The molecule has 1 atom stereocenters. The summed E-state index contributed by atoms with van der Waals surface area (Å²) in [5.74, 6) is -0.717. The minimum Gasteiger partial charge on any atom is -0.445 e. The van der Waals surface area contributed by atoms with Gasteiger partial charge in [-0.05, 0) is 18.4 Å². The molecule has 3 rings (SSSR count). The fraction of sp³-hybridized carbons (Fsp3) is 0.100. The summed E-state index contributed by atoms with van der Waals surface area (Å²) in [4.78, 5) is 25.7. The highest BCUT2D eigenvalue weighted by Crippen LogP contribution is 2.25. The second-order valence-corrected chi connectivity index (χ2v) is 6.35. The summed E-state index contributed by atoms with van der Waals surface area (Å²) in [5.41, 5.74) is 2.25. The lowest BCUT2D eigenvalue weighted by Gasteiger charge is -2.17. The summed E-state index contributed by atoms with van der Waals surface area (Å²) in [5, 5.41) is 1.80. The third-order valence-corrected chi connectivity index (χ3v) is 4.47. The predicted octanol–water partition coefficient (Wildman–Crippen LogP) is 4.84. The molecule has 0 amide bonds. The van der Waals surface area contributed by atoms with E-state index in [1.807, 2.05) is 37.3 Å². The van der Waals surface area contributed by atoms with Crippen molar-refractivity contribution in [1.29, 1.82) is 0 Å². The molecule has 120 valence electrons. The smallest absolute Gasteiger partial charge is 0.349 e. The van der Waals surface area contributed by atoms with Crippen LogP contribution in [0.4, 0.5) is 0 Å². The number of thiophene rings is 1. The zero-order chi connectivity index (χ0) is 16.9. The van der Waals surface area contributed by atoms with Crippen LogP contribution < -0.4 is 0 Å². The van der Waals surface area contributed by atoms with Crippen molar-refractivity contribution in [2.45, 2.75) is 13.0 Å². The first-order valence-corrected chi connectivity index (χ1v) is 8.43. The van der Waals surface area contributed by atoms with E-state index in [1.165, 1.54) is 11.3 Å². The Hall–Kier alpha value is -2.72. The van der Waals surface area contributed by atoms with Crippen LogP contribution in [0.25, 0.3) is 0 Å². The van der Waals surface area contributed by atoms with E-state index in [1.54, 1.807) is 41.8 Å². The zero-order valence-corrected chi connectivity index (χ0v) is 14.0. The highest BCUT2D eigenvalue weighted by Gasteiger charge is 2.26. The molecule has 0 aliphatic carbocycles. The van der Waals surface area contributed by atoms with E-state index in [0.717, 1.165) is 5.56 Å². The minimum atomic E-state index is -0.955. The molecular weight excluding hydrogens is 320 g/mol. The first-order chi connectivity index (χ1) is 11.6. The van der Waals surface area contributed by atoms with Crippen LogP contribution in [0, 0.1) is 6.92 Å². The summed E-state index contributed by atoms with van der Waals surface area (Å²) >= 11 is 1.29. The van der Waals surface area contributed by atoms with Crippen molar-refractivity contribution in [3.05, 3.63) is 93.7 Å². The van der Waals surface area contributed by atoms with E-state index in [4.69, 9.17) is 4.74 Å². The molecule has 0 fully saturated rings. The third kappa shape index (κ3) is 3.60. The molecule has 0 radical (unpaired) electrons. The number of rotatable bonds is 5. The molecular formula is C20H16O3S. The van der Waals surface area contributed by atoms with Gasteiger partial charge in [0.2, 0.25) is 5.78 Å². The van der Waals surface area contributed by atoms with Crippen LogP contribution in [0.3, 0.4) is 0 Å². The van der Waals surface area contributed by atoms with Gasteiger partial charge in [0, 0.05) is 11.1 Å². The minimum absolute atomic E-state index is 0.230. The predicted molar refractivity (Wildman–Crippen MR) is 94.4 cm³/mol. The molecule has 0 saturated carbocycles. The number of hydrogen-bond donors (Lipinski definition) is 0. The number of hydrogen-bond acceptors (Lipinski definition) is 4. The van der Waals surface area contributed by atoms with Crippen LogP contribution in [0.5, 0.6) is 0 Å². The maximum absolute atomic E-state index is 12.9. The first kappa shape index (κ1) is 16.1. The Balaban J connectivity index is 1.91. The maximum Gasteiger partial charge on any atom is 0.349 e. The molecule has 3 nitrogen and oxygen atoms in total. The molecule has 0 aliphatic rings.